The highest BCUT2D eigenvalue weighted by Crippen LogP contribution is 2.32. The molecule has 0 bridgehead atoms. The summed E-state index contributed by atoms with van der Waals surface area (Å²) in [5.74, 6) is -0.391. The SMILES string of the molecule is CC1(N)CCCCC1C(=O)Nc1cccc(NC(=O)c2cccs2)c1.Cl. The Bertz CT molecular complexity index is 762. The molecule has 1 aromatic heterocycles. The molecule has 1 heterocycles. The van der Waals surface area contributed by atoms with Crippen molar-refractivity contribution in [2.24, 2.45) is 11.7 Å². The Balaban J connectivity index is 0.00000243. The standard InChI is InChI=1S/C19H23N3O2S.ClH/c1-19(20)10-3-2-8-15(19)17(23)21-13-6-4-7-14(12-13)22-18(24)16-9-5-11-25-16;/h4-7,9,11-12,15H,2-3,8,10,20H2,1H3,(H,21,23)(H,22,24);1H. The third-order valence-corrected chi connectivity index (χ3v) is 5.57. The second-order valence-corrected chi connectivity index (χ2v) is 7.75. The average molecular weight is 394 g/mol. The van der Waals surface area contributed by atoms with Crippen molar-refractivity contribution in [3.63, 3.8) is 0 Å². The Morgan fingerprint density at radius 1 is 1.15 bits per heavy atom. The lowest BCUT2D eigenvalue weighted by atomic mass is 9.74. The number of nitrogens with one attached hydrogen (secondary N) is 2. The van der Waals surface area contributed by atoms with Gasteiger partial charge in [-0.05, 0) is 49.4 Å². The van der Waals surface area contributed by atoms with E-state index in [0.29, 0.717) is 16.3 Å². The second kappa shape index (κ2) is 8.66. The zero-order valence-corrected chi connectivity index (χ0v) is 16.3. The van der Waals surface area contributed by atoms with Crippen LogP contribution in [0.3, 0.4) is 0 Å². The molecule has 2 atom stereocenters. The molecule has 140 valence electrons. The molecule has 1 saturated carbocycles. The Kier molecular flexibility index (Phi) is 6.81. The lowest BCUT2D eigenvalue weighted by molar-refractivity contribution is -0.122. The van der Waals surface area contributed by atoms with Gasteiger partial charge in [0.05, 0.1) is 10.8 Å². The van der Waals surface area contributed by atoms with E-state index >= 15 is 0 Å². The molecule has 0 aliphatic heterocycles. The molecule has 1 aliphatic rings. The quantitative estimate of drug-likeness (QED) is 0.725. The summed E-state index contributed by atoms with van der Waals surface area (Å²) in [5, 5.41) is 7.66. The van der Waals surface area contributed by atoms with E-state index in [1.54, 1.807) is 18.2 Å². The van der Waals surface area contributed by atoms with Crippen LogP contribution in [0.1, 0.15) is 42.3 Å². The van der Waals surface area contributed by atoms with E-state index < -0.39 is 5.54 Å². The first-order valence-electron chi connectivity index (χ1n) is 8.50. The van der Waals surface area contributed by atoms with Crippen molar-refractivity contribution in [1.82, 2.24) is 0 Å². The van der Waals surface area contributed by atoms with Crippen molar-refractivity contribution in [3.8, 4) is 0 Å². The van der Waals surface area contributed by atoms with Gasteiger partial charge in [0, 0.05) is 16.9 Å². The third-order valence-electron chi connectivity index (χ3n) is 4.70. The summed E-state index contributed by atoms with van der Waals surface area (Å²) in [7, 11) is 0. The van der Waals surface area contributed by atoms with Crippen LogP contribution in [-0.4, -0.2) is 17.4 Å². The van der Waals surface area contributed by atoms with E-state index in [2.05, 4.69) is 10.6 Å². The summed E-state index contributed by atoms with van der Waals surface area (Å²) in [6.45, 7) is 1.95. The summed E-state index contributed by atoms with van der Waals surface area (Å²) in [4.78, 5) is 25.4. The highest BCUT2D eigenvalue weighted by Gasteiger charge is 2.37. The molecule has 2 amide bonds. The zero-order chi connectivity index (χ0) is 17.9. The lowest BCUT2D eigenvalue weighted by Crippen LogP contribution is -2.51. The molecule has 2 aromatic rings. The molecule has 0 radical (unpaired) electrons. The first kappa shape index (κ1) is 20.4. The van der Waals surface area contributed by atoms with Gasteiger partial charge in [0.15, 0.2) is 0 Å². The molecule has 1 aliphatic carbocycles. The molecule has 4 N–H and O–H groups in total. The predicted molar refractivity (Wildman–Crippen MR) is 109 cm³/mol. The van der Waals surface area contributed by atoms with Gasteiger partial charge in [0.2, 0.25) is 5.91 Å². The van der Waals surface area contributed by atoms with Gasteiger partial charge >= 0.3 is 0 Å². The van der Waals surface area contributed by atoms with E-state index in [1.807, 2.05) is 30.5 Å². The van der Waals surface area contributed by atoms with Crippen LogP contribution < -0.4 is 16.4 Å². The number of thiophene rings is 1. The van der Waals surface area contributed by atoms with E-state index in [4.69, 9.17) is 5.73 Å². The maximum Gasteiger partial charge on any atom is 0.265 e. The van der Waals surface area contributed by atoms with Gasteiger partial charge < -0.3 is 16.4 Å². The zero-order valence-electron chi connectivity index (χ0n) is 14.7. The summed E-state index contributed by atoms with van der Waals surface area (Å²) in [6, 6.07) is 10.8. The first-order valence-corrected chi connectivity index (χ1v) is 9.38. The second-order valence-electron chi connectivity index (χ2n) is 6.81. The predicted octanol–water partition coefficient (Wildman–Crippen LogP) is 4.27. The van der Waals surface area contributed by atoms with Crippen molar-refractivity contribution in [2.45, 2.75) is 38.1 Å². The fraction of sp³-hybridized carbons (Fsp3) is 0.368. The third kappa shape index (κ3) is 4.84. The monoisotopic (exact) mass is 393 g/mol. The van der Waals surface area contributed by atoms with E-state index in [1.165, 1.54) is 11.3 Å². The maximum atomic E-state index is 12.6. The maximum absolute atomic E-state index is 12.6. The van der Waals surface area contributed by atoms with Gasteiger partial charge in [-0.15, -0.1) is 23.7 Å². The largest absolute Gasteiger partial charge is 0.326 e. The fourth-order valence-corrected chi connectivity index (χ4v) is 3.91. The number of benzene rings is 1. The number of hydrogen-bond acceptors (Lipinski definition) is 4. The number of amides is 2. The van der Waals surface area contributed by atoms with Crippen LogP contribution in [0.4, 0.5) is 11.4 Å². The Morgan fingerprint density at radius 3 is 2.54 bits per heavy atom. The van der Waals surface area contributed by atoms with E-state index in [9.17, 15) is 9.59 Å². The van der Waals surface area contributed by atoms with Crippen LogP contribution in [0, 0.1) is 5.92 Å². The molecule has 2 unspecified atom stereocenters. The molecule has 26 heavy (non-hydrogen) atoms. The molecule has 1 aromatic carbocycles. The molecular formula is C19H24ClN3O2S. The van der Waals surface area contributed by atoms with Crippen LogP contribution in [0.15, 0.2) is 41.8 Å². The topological polar surface area (TPSA) is 84.2 Å². The van der Waals surface area contributed by atoms with E-state index in [0.717, 1.165) is 25.7 Å². The highest BCUT2D eigenvalue weighted by atomic mass is 35.5. The number of rotatable bonds is 4. The van der Waals surface area contributed by atoms with Crippen molar-refractivity contribution < 1.29 is 9.59 Å². The fourth-order valence-electron chi connectivity index (χ4n) is 3.29. The summed E-state index contributed by atoms with van der Waals surface area (Å²) >= 11 is 1.39. The van der Waals surface area contributed by atoms with Gasteiger partial charge in [-0.25, -0.2) is 0 Å². The van der Waals surface area contributed by atoms with Crippen LogP contribution in [-0.2, 0) is 4.79 Å². The van der Waals surface area contributed by atoms with Gasteiger partial charge in [-0.3, -0.25) is 9.59 Å². The van der Waals surface area contributed by atoms with Crippen molar-refractivity contribution in [2.75, 3.05) is 10.6 Å². The number of carbonyl (C=O) groups excluding carboxylic acids is 2. The summed E-state index contributed by atoms with van der Waals surface area (Å²) < 4.78 is 0. The van der Waals surface area contributed by atoms with Crippen molar-refractivity contribution in [1.29, 1.82) is 0 Å². The van der Waals surface area contributed by atoms with Crippen LogP contribution in [0.25, 0.3) is 0 Å². The Labute approximate surface area is 163 Å². The number of anilines is 2. The van der Waals surface area contributed by atoms with Crippen molar-refractivity contribution in [3.05, 3.63) is 46.7 Å². The number of halogens is 1. The minimum atomic E-state index is -0.465. The van der Waals surface area contributed by atoms with Gasteiger partial charge in [0.25, 0.3) is 5.91 Å². The van der Waals surface area contributed by atoms with Crippen LogP contribution in [0.2, 0.25) is 0 Å². The molecule has 7 heteroatoms. The molecule has 1 fully saturated rings. The van der Waals surface area contributed by atoms with Crippen LogP contribution >= 0.6 is 23.7 Å². The van der Waals surface area contributed by atoms with Gasteiger partial charge in [0.1, 0.15) is 0 Å². The minimum absolute atomic E-state index is 0. The molecule has 0 spiro atoms. The molecule has 3 rings (SSSR count). The van der Waals surface area contributed by atoms with Crippen molar-refractivity contribution >= 4 is 46.9 Å². The average Bonchev–Trinajstić information content (AvgIpc) is 3.09. The van der Waals surface area contributed by atoms with Gasteiger partial charge in [-0.2, -0.15) is 0 Å². The number of hydrogen-bond donors (Lipinski definition) is 3. The van der Waals surface area contributed by atoms with Gasteiger partial charge in [-0.1, -0.05) is 25.0 Å². The number of nitrogens with two attached hydrogens (primary N) is 1. The lowest BCUT2D eigenvalue weighted by Gasteiger charge is -2.37. The first-order chi connectivity index (χ1) is 12.0. The van der Waals surface area contributed by atoms with E-state index in [-0.39, 0.29) is 30.1 Å². The minimum Gasteiger partial charge on any atom is -0.326 e. The normalized spacial score (nSPS) is 22.2. The number of carbonyl (C=O) groups is 2. The summed E-state index contributed by atoms with van der Waals surface area (Å²) in [6.07, 6.45) is 3.78. The molecule has 0 saturated heterocycles. The smallest absolute Gasteiger partial charge is 0.265 e. The van der Waals surface area contributed by atoms with Crippen LogP contribution in [0.5, 0.6) is 0 Å². The summed E-state index contributed by atoms with van der Waals surface area (Å²) in [5.41, 5.74) is 7.16. The molecular weight excluding hydrogens is 370 g/mol. The Hall–Kier alpha value is -1.89. The highest BCUT2D eigenvalue weighted by molar-refractivity contribution is 7.12. The molecule has 5 nitrogen and oxygen atoms in total. The Morgan fingerprint density at radius 2 is 1.88 bits per heavy atom.